The van der Waals surface area contributed by atoms with Crippen LogP contribution in [-0.2, 0) is 0 Å². The van der Waals surface area contributed by atoms with Crippen molar-refractivity contribution < 1.29 is 31.8 Å². The first-order valence-electron chi connectivity index (χ1n) is 20.4. The highest BCUT2D eigenvalue weighted by molar-refractivity contribution is 4.59. The normalized spacial score (nSPS) is 15.9. The monoisotopic (exact) mass is 689 g/mol. The molecule has 0 heterocycles. The second-order valence-electron chi connectivity index (χ2n) is 12.8. The van der Waals surface area contributed by atoms with E-state index in [1.165, 1.54) is 38.5 Å². The molecule has 0 aliphatic heterocycles. The van der Waals surface area contributed by atoms with Crippen LogP contribution in [0.15, 0.2) is 0 Å². The minimum atomic E-state index is -3.98. The molecule has 1 aliphatic carbocycles. The summed E-state index contributed by atoms with van der Waals surface area (Å²) in [5, 5.41) is 0. The molecule has 0 amide bonds. The van der Waals surface area contributed by atoms with Gasteiger partial charge in [0.2, 0.25) is 0 Å². The zero-order valence-electron chi connectivity index (χ0n) is 38.7. The van der Waals surface area contributed by atoms with E-state index in [1.54, 1.807) is 34.6 Å². The Kier molecular flexibility index (Phi) is 58.6. The summed E-state index contributed by atoms with van der Waals surface area (Å²) in [5.41, 5.74) is 0. The summed E-state index contributed by atoms with van der Waals surface area (Å²) in [7, 11) is 0. The Morgan fingerprint density at radius 1 is 0.609 bits per heavy atom. The first-order valence-corrected chi connectivity index (χ1v) is 18.4. The van der Waals surface area contributed by atoms with Crippen LogP contribution in [0, 0.1) is 29.5 Å². The van der Waals surface area contributed by atoms with Crippen molar-refractivity contribution in [1.29, 1.82) is 0 Å². The Labute approximate surface area is 295 Å². The molecular formula is C40H90F6. The van der Waals surface area contributed by atoms with E-state index in [2.05, 4.69) is 48.5 Å². The lowest BCUT2D eigenvalue weighted by atomic mass is 9.91. The molecule has 0 unspecified atom stereocenters. The van der Waals surface area contributed by atoms with Crippen molar-refractivity contribution in [3.63, 3.8) is 0 Å². The Balaban J connectivity index is -0.0000000684. The van der Waals surface area contributed by atoms with Gasteiger partial charge in [0.15, 0.2) is 0 Å². The average molecular weight is 689 g/mol. The maximum absolute atomic E-state index is 11.5. The summed E-state index contributed by atoms with van der Waals surface area (Å²) in [6.45, 7) is 36.9. The van der Waals surface area contributed by atoms with E-state index in [1.807, 2.05) is 48.5 Å². The van der Waals surface area contributed by atoms with Gasteiger partial charge in [0.25, 0.3) is 0 Å². The van der Waals surface area contributed by atoms with Crippen molar-refractivity contribution in [1.82, 2.24) is 0 Å². The van der Waals surface area contributed by atoms with Gasteiger partial charge >= 0.3 is 12.4 Å². The topological polar surface area (TPSA) is 0 Å². The summed E-state index contributed by atoms with van der Waals surface area (Å²) < 4.78 is 97.2. The van der Waals surface area contributed by atoms with Gasteiger partial charge in [-0.3, -0.25) is 0 Å². The Morgan fingerprint density at radius 3 is 0.891 bits per heavy atom. The molecule has 0 N–H and O–H groups in total. The van der Waals surface area contributed by atoms with E-state index < -0.39 is 31.6 Å². The van der Waals surface area contributed by atoms with Crippen LogP contribution in [0.4, 0.5) is 26.3 Å². The van der Waals surface area contributed by atoms with Crippen LogP contribution < -0.4 is 0 Å². The van der Waals surface area contributed by atoms with Gasteiger partial charge in [-0.25, -0.2) is 0 Å². The van der Waals surface area contributed by atoms with E-state index in [0.717, 1.165) is 18.8 Å². The van der Waals surface area contributed by atoms with E-state index in [0.29, 0.717) is 19.3 Å². The van der Waals surface area contributed by atoms with Crippen LogP contribution in [0.3, 0.4) is 0 Å². The molecule has 0 spiro atoms. The summed E-state index contributed by atoms with van der Waals surface area (Å²) in [4.78, 5) is 0. The van der Waals surface area contributed by atoms with Gasteiger partial charge in [-0.15, -0.1) is 0 Å². The van der Waals surface area contributed by atoms with E-state index >= 15 is 0 Å². The van der Waals surface area contributed by atoms with Crippen molar-refractivity contribution in [3.05, 3.63) is 0 Å². The van der Waals surface area contributed by atoms with Crippen molar-refractivity contribution in [2.75, 3.05) is 0 Å². The third-order valence-electron chi connectivity index (χ3n) is 5.11. The molecule has 0 aromatic carbocycles. The summed E-state index contributed by atoms with van der Waals surface area (Å²) in [5.74, 6) is 0.0492. The largest absolute Gasteiger partial charge is 0.389 e. The number of rotatable bonds is 6. The molecule has 0 saturated heterocycles. The standard InChI is InChI=1S/C7H14.2C6H11F3.4C4H10.C3H8.C2H6/c1-7-5-3-2-4-6-7;2*1-3-5(2)4-6(7,8)9;2*1-4(2)3;2*1-3-4-2;1-3-2;1-2/h7H,2-6H2,1H3;2*5H,3-4H2,1-2H3;2*4H,1-3H3;2*3-4H2,1-2H3;3H2,1-2H3;1-2H3/t;2*5-;;;;;;/m.00....../s1/i7D;;;4D;;3D2;;;. The van der Waals surface area contributed by atoms with Gasteiger partial charge in [0.1, 0.15) is 0 Å². The number of alkyl halides is 6. The summed E-state index contributed by atoms with van der Waals surface area (Å²) in [6.07, 6.45) is 1.62. The Hall–Kier alpha value is -0.420. The molecular weight excluding hydrogens is 594 g/mol. The highest BCUT2D eigenvalue weighted by Gasteiger charge is 2.29. The zero-order valence-corrected chi connectivity index (χ0v) is 34.7. The van der Waals surface area contributed by atoms with Crippen molar-refractivity contribution >= 4 is 0 Å². The molecule has 2 atom stereocenters. The minimum absolute atomic E-state index is 0.0712. The fourth-order valence-electron chi connectivity index (χ4n) is 2.23. The molecule has 0 aromatic rings. The van der Waals surface area contributed by atoms with E-state index in [4.69, 9.17) is 5.48 Å². The van der Waals surface area contributed by atoms with Gasteiger partial charge in [0, 0.05) is 18.3 Å². The number of unbranched alkanes of at least 4 members (excludes halogenated alkanes) is 1. The molecule has 1 aliphatic rings. The van der Waals surface area contributed by atoms with Crippen LogP contribution in [0.25, 0.3) is 0 Å². The maximum atomic E-state index is 11.5. The molecule has 292 valence electrons. The van der Waals surface area contributed by atoms with E-state index in [9.17, 15) is 26.3 Å². The highest BCUT2D eigenvalue weighted by Crippen LogP contribution is 2.26. The van der Waals surface area contributed by atoms with Crippen LogP contribution in [0.5, 0.6) is 0 Å². The predicted molar refractivity (Wildman–Crippen MR) is 202 cm³/mol. The fourth-order valence-corrected chi connectivity index (χ4v) is 2.23. The molecule has 46 heavy (non-hydrogen) atoms. The third-order valence-corrected chi connectivity index (χ3v) is 5.11. The predicted octanol–water partition coefficient (Wildman–Crippen LogP) is 17.9. The lowest BCUT2D eigenvalue weighted by Gasteiger charge is -2.15. The molecule has 0 aromatic heterocycles. The molecule has 0 nitrogen and oxygen atoms in total. The van der Waals surface area contributed by atoms with E-state index in [-0.39, 0.29) is 23.6 Å². The van der Waals surface area contributed by atoms with Crippen molar-refractivity contribution in [2.24, 2.45) is 29.5 Å². The zero-order chi connectivity index (χ0) is 42.4. The van der Waals surface area contributed by atoms with Crippen LogP contribution in [0.2, 0.25) is 0 Å². The summed E-state index contributed by atoms with van der Waals surface area (Å²) in [6, 6.07) is 0. The Bertz CT molecular complexity index is 554. The van der Waals surface area contributed by atoms with Gasteiger partial charge in [0.05, 0.1) is 0 Å². The van der Waals surface area contributed by atoms with Gasteiger partial charge in [-0.1, -0.05) is 209 Å². The van der Waals surface area contributed by atoms with Crippen LogP contribution in [0.1, 0.15) is 227 Å². The lowest BCUT2D eigenvalue weighted by molar-refractivity contribution is -0.144. The molecule has 0 radical (unpaired) electrons. The van der Waals surface area contributed by atoms with Crippen molar-refractivity contribution in [3.8, 4) is 0 Å². The maximum Gasteiger partial charge on any atom is 0.389 e. The number of halogens is 6. The SMILES string of the molecule is CC.CC(C)C.CCC.CCCC.CC[C@H](C)CC(F)(F)F.CC[C@H](C)CC(F)(F)F.[2H]C(C)(C)C.[2H]C([2H])(C)CC.[2H]C1(C)CCCCC1. The lowest BCUT2D eigenvalue weighted by Crippen LogP contribution is -2.12. The minimum Gasteiger partial charge on any atom is -0.171 e. The number of hydrogen-bond donors (Lipinski definition) is 0. The second kappa shape index (κ2) is 51.4. The molecule has 6 heteroatoms. The average Bonchev–Trinajstić information content (AvgIpc) is 2.92. The molecule has 0 bridgehead atoms. The fraction of sp³-hybridized carbons (Fsp3) is 1.00. The van der Waals surface area contributed by atoms with Gasteiger partial charge < -0.3 is 0 Å². The Morgan fingerprint density at radius 2 is 0.826 bits per heavy atom. The summed E-state index contributed by atoms with van der Waals surface area (Å²) >= 11 is 0. The third kappa shape index (κ3) is 142. The number of hydrogen-bond acceptors (Lipinski definition) is 0. The first kappa shape index (κ1) is 52.4. The van der Waals surface area contributed by atoms with Gasteiger partial charge in [-0.05, 0) is 29.5 Å². The highest BCUT2D eigenvalue weighted by atomic mass is 19.4. The van der Waals surface area contributed by atoms with Crippen molar-refractivity contribution in [2.45, 2.75) is 234 Å². The molecule has 1 saturated carbocycles. The quantitative estimate of drug-likeness (QED) is 0.244. The second-order valence-corrected chi connectivity index (χ2v) is 12.8. The smallest absolute Gasteiger partial charge is 0.171 e. The van der Waals surface area contributed by atoms with Gasteiger partial charge in [-0.2, -0.15) is 26.3 Å². The first-order chi connectivity index (χ1) is 22.2. The van der Waals surface area contributed by atoms with Crippen LogP contribution >= 0.6 is 0 Å². The van der Waals surface area contributed by atoms with Crippen LogP contribution in [-0.4, -0.2) is 12.4 Å². The molecule has 1 rings (SSSR count). The molecule has 1 fully saturated rings.